The minimum atomic E-state index is 0.718. The number of aryl methyl sites for hydroxylation is 1. The first-order valence-corrected chi connectivity index (χ1v) is 4.97. The van der Waals surface area contributed by atoms with Crippen molar-refractivity contribution in [1.29, 1.82) is 0 Å². The number of benzene rings is 1. The minimum Gasteiger partial charge on any atom is -0.275 e. The Morgan fingerprint density at radius 3 is 2.86 bits per heavy atom. The Labute approximate surface area is 92.9 Å². The molecule has 14 heavy (non-hydrogen) atoms. The maximum Gasteiger partial charge on any atom is 0.0568 e. The van der Waals surface area contributed by atoms with Crippen LogP contribution in [0.15, 0.2) is 35.5 Å². The molecule has 0 radical (unpaired) electrons. The van der Waals surface area contributed by atoms with Gasteiger partial charge in [-0.2, -0.15) is 5.10 Å². The van der Waals surface area contributed by atoms with Crippen LogP contribution in [0.25, 0.3) is 11.1 Å². The molecular formula is C10H9ClN2S. The summed E-state index contributed by atoms with van der Waals surface area (Å²) in [5, 5.41) is 4.82. The van der Waals surface area contributed by atoms with Gasteiger partial charge in [-0.05, 0) is 18.2 Å². The lowest BCUT2D eigenvalue weighted by Gasteiger charge is -2.01. The van der Waals surface area contributed by atoms with Crippen LogP contribution in [0.2, 0.25) is 5.02 Å². The molecule has 0 spiro atoms. The maximum atomic E-state index is 6.07. The highest BCUT2D eigenvalue weighted by Gasteiger charge is 2.05. The zero-order valence-corrected chi connectivity index (χ0v) is 9.26. The topological polar surface area (TPSA) is 17.8 Å². The van der Waals surface area contributed by atoms with Crippen LogP contribution in [0, 0.1) is 0 Å². The van der Waals surface area contributed by atoms with Crippen molar-refractivity contribution in [2.75, 3.05) is 0 Å². The average Bonchev–Trinajstić information content (AvgIpc) is 2.56. The Morgan fingerprint density at radius 1 is 1.43 bits per heavy atom. The Bertz CT molecular complexity index is 465. The van der Waals surface area contributed by atoms with E-state index in [0.717, 1.165) is 21.0 Å². The number of halogens is 1. The van der Waals surface area contributed by atoms with E-state index in [4.69, 9.17) is 11.6 Å². The third-order valence-electron chi connectivity index (χ3n) is 1.97. The summed E-state index contributed by atoms with van der Waals surface area (Å²) in [6.07, 6.45) is 3.71. The highest BCUT2D eigenvalue weighted by Crippen LogP contribution is 2.29. The molecule has 1 aromatic carbocycles. The third-order valence-corrected chi connectivity index (χ3v) is 2.57. The van der Waals surface area contributed by atoms with E-state index >= 15 is 0 Å². The van der Waals surface area contributed by atoms with Crippen molar-refractivity contribution in [3.8, 4) is 11.1 Å². The number of aromatic nitrogens is 2. The molecule has 0 fully saturated rings. The largest absolute Gasteiger partial charge is 0.275 e. The van der Waals surface area contributed by atoms with Gasteiger partial charge in [-0.3, -0.25) is 4.68 Å². The van der Waals surface area contributed by atoms with Crippen LogP contribution < -0.4 is 0 Å². The van der Waals surface area contributed by atoms with E-state index in [0.29, 0.717) is 0 Å². The number of hydrogen-bond donors (Lipinski definition) is 1. The fourth-order valence-corrected chi connectivity index (χ4v) is 1.73. The molecule has 1 aromatic heterocycles. The van der Waals surface area contributed by atoms with Crippen molar-refractivity contribution >= 4 is 24.2 Å². The van der Waals surface area contributed by atoms with Gasteiger partial charge in [-0.25, -0.2) is 0 Å². The highest BCUT2D eigenvalue weighted by molar-refractivity contribution is 7.80. The van der Waals surface area contributed by atoms with Crippen molar-refractivity contribution in [1.82, 2.24) is 9.78 Å². The molecule has 2 aromatic rings. The lowest BCUT2D eigenvalue weighted by Crippen LogP contribution is -1.84. The molecule has 4 heteroatoms. The van der Waals surface area contributed by atoms with Gasteiger partial charge < -0.3 is 0 Å². The second-order valence-electron chi connectivity index (χ2n) is 3.07. The molecular weight excluding hydrogens is 216 g/mol. The van der Waals surface area contributed by atoms with Crippen LogP contribution in [0.3, 0.4) is 0 Å². The molecule has 2 nitrogen and oxygen atoms in total. The molecule has 0 saturated carbocycles. The SMILES string of the molecule is Cn1cc(-c2cc(S)ccc2Cl)cn1. The molecule has 72 valence electrons. The first-order chi connectivity index (χ1) is 6.66. The quantitative estimate of drug-likeness (QED) is 0.738. The summed E-state index contributed by atoms with van der Waals surface area (Å²) < 4.78 is 1.75. The summed E-state index contributed by atoms with van der Waals surface area (Å²) in [5.74, 6) is 0. The van der Waals surface area contributed by atoms with Crippen molar-refractivity contribution in [2.45, 2.75) is 4.90 Å². The Kier molecular flexibility index (Phi) is 2.52. The molecule has 0 aliphatic rings. The standard InChI is InChI=1S/C10H9ClN2S/c1-13-6-7(5-12-13)9-4-8(14)2-3-10(9)11/h2-6,14H,1H3. The smallest absolute Gasteiger partial charge is 0.0568 e. The summed E-state index contributed by atoms with van der Waals surface area (Å²) in [4.78, 5) is 0.897. The highest BCUT2D eigenvalue weighted by atomic mass is 35.5. The monoisotopic (exact) mass is 224 g/mol. The number of hydrogen-bond acceptors (Lipinski definition) is 2. The van der Waals surface area contributed by atoms with Crippen LogP contribution >= 0.6 is 24.2 Å². The number of nitrogens with zero attached hydrogens (tertiary/aromatic N) is 2. The maximum absolute atomic E-state index is 6.07. The van der Waals surface area contributed by atoms with Crippen molar-refractivity contribution < 1.29 is 0 Å². The van der Waals surface area contributed by atoms with E-state index in [9.17, 15) is 0 Å². The summed E-state index contributed by atoms with van der Waals surface area (Å²) >= 11 is 10.3. The van der Waals surface area contributed by atoms with Gasteiger partial charge in [0.15, 0.2) is 0 Å². The van der Waals surface area contributed by atoms with Gasteiger partial charge in [0.25, 0.3) is 0 Å². The van der Waals surface area contributed by atoms with Gasteiger partial charge in [0.1, 0.15) is 0 Å². The zero-order valence-electron chi connectivity index (χ0n) is 7.61. The molecule has 0 aliphatic heterocycles. The lowest BCUT2D eigenvalue weighted by molar-refractivity contribution is 0.768. The molecule has 0 unspecified atom stereocenters. The van der Waals surface area contributed by atoms with Gasteiger partial charge >= 0.3 is 0 Å². The Hall–Kier alpha value is -0.930. The molecule has 0 amide bonds. The van der Waals surface area contributed by atoms with Crippen LogP contribution in [0.5, 0.6) is 0 Å². The Morgan fingerprint density at radius 2 is 2.21 bits per heavy atom. The van der Waals surface area contributed by atoms with Crippen LogP contribution in [-0.2, 0) is 7.05 Å². The van der Waals surface area contributed by atoms with Crippen LogP contribution in [0.4, 0.5) is 0 Å². The first-order valence-electron chi connectivity index (χ1n) is 4.14. The molecule has 0 N–H and O–H groups in total. The minimum absolute atomic E-state index is 0.718. The molecule has 0 aliphatic carbocycles. The normalized spacial score (nSPS) is 10.5. The second-order valence-corrected chi connectivity index (χ2v) is 3.99. The van der Waals surface area contributed by atoms with Gasteiger partial charge in [-0.1, -0.05) is 11.6 Å². The lowest BCUT2D eigenvalue weighted by atomic mass is 10.1. The van der Waals surface area contributed by atoms with Crippen molar-refractivity contribution in [3.63, 3.8) is 0 Å². The molecule has 0 bridgehead atoms. The summed E-state index contributed by atoms with van der Waals surface area (Å²) in [6.45, 7) is 0. The van der Waals surface area contributed by atoms with E-state index in [-0.39, 0.29) is 0 Å². The van der Waals surface area contributed by atoms with E-state index in [1.807, 2.05) is 31.4 Å². The molecule has 1 heterocycles. The van der Waals surface area contributed by atoms with E-state index in [2.05, 4.69) is 17.7 Å². The molecule has 0 saturated heterocycles. The summed E-state index contributed by atoms with van der Waals surface area (Å²) in [7, 11) is 1.88. The van der Waals surface area contributed by atoms with E-state index < -0.39 is 0 Å². The summed E-state index contributed by atoms with van der Waals surface area (Å²) in [5.41, 5.74) is 1.97. The predicted molar refractivity (Wildman–Crippen MR) is 60.9 cm³/mol. The Balaban J connectivity index is 2.55. The zero-order chi connectivity index (χ0) is 10.1. The summed E-state index contributed by atoms with van der Waals surface area (Å²) in [6, 6.07) is 5.64. The van der Waals surface area contributed by atoms with E-state index in [1.54, 1.807) is 10.9 Å². The van der Waals surface area contributed by atoms with Gasteiger partial charge in [0.05, 0.1) is 6.20 Å². The molecule has 0 atom stereocenters. The average molecular weight is 225 g/mol. The van der Waals surface area contributed by atoms with Crippen molar-refractivity contribution in [2.24, 2.45) is 7.05 Å². The molecule has 2 rings (SSSR count). The van der Waals surface area contributed by atoms with Crippen molar-refractivity contribution in [3.05, 3.63) is 35.6 Å². The first kappa shape index (κ1) is 9.62. The number of thiol groups is 1. The van der Waals surface area contributed by atoms with E-state index in [1.165, 1.54) is 0 Å². The second kappa shape index (κ2) is 3.67. The fraction of sp³-hybridized carbons (Fsp3) is 0.100. The number of rotatable bonds is 1. The van der Waals surface area contributed by atoms with Crippen LogP contribution in [0.1, 0.15) is 0 Å². The predicted octanol–water partition coefficient (Wildman–Crippen LogP) is 3.03. The van der Waals surface area contributed by atoms with Gasteiger partial charge in [-0.15, -0.1) is 12.6 Å². The third kappa shape index (κ3) is 1.79. The fourth-order valence-electron chi connectivity index (χ4n) is 1.29. The van der Waals surface area contributed by atoms with Gasteiger partial charge in [0.2, 0.25) is 0 Å². The van der Waals surface area contributed by atoms with Crippen LogP contribution in [-0.4, -0.2) is 9.78 Å². The van der Waals surface area contributed by atoms with Gasteiger partial charge in [0, 0.05) is 34.3 Å².